The number of anilines is 5. The van der Waals surface area contributed by atoms with Gasteiger partial charge in [-0.1, -0.05) is 157 Å². The van der Waals surface area contributed by atoms with E-state index in [4.69, 9.17) is 51.5 Å². The first kappa shape index (κ1) is 77.3. The Labute approximate surface area is 631 Å². The second-order valence-electron chi connectivity index (χ2n) is 27.7. The van der Waals surface area contributed by atoms with Crippen LogP contribution in [0.5, 0.6) is 17.2 Å². The topological polar surface area (TPSA) is 331 Å². The van der Waals surface area contributed by atoms with Crippen LogP contribution < -0.4 is 47.5 Å². The van der Waals surface area contributed by atoms with Gasteiger partial charge in [-0.3, -0.25) is 18.7 Å². The molecule has 0 spiro atoms. The van der Waals surface area contributed by atoms with Crippen LogP contribution in [-0.4, -0.2) is 83.6 Å². The number of ether oxygens (including phenoxy) is 3. The van der Waals surface area contributed by atoms with Crippen molar-refractivity contribution in [1.82, 2.24) is 19.9 Å². The molecule has 4 aromatic heterocycles. The highest BCUT2D eigenvalue weighted by molar-refractivity contribution is 7.86. The zero-order valence-corrected chi connectivity index (χ0v) is 61.3. The van der Waals surface area contributed by atoms with Crippen LogP contribution in [-0.2, 0) is 89.7 Å². The molecule has 1 atom stereocenters. The van der Waals surface area contributed by atoms with E-state index in [9.17, 15) is 23.3 Å². The number of hydrogen-bond acceptors (Lipinski definition) is 18. The van der Waals surface area contributed by atoms with Crippen molar-refractivity contribution in [3.8, 4) is 23.4 Å². The molecule has 11 N–H and O–H groups in total. The number of nitrogen functional groups attached to an aromatic ring is 4. The molecule has 17 rings (SSSR count). The van der Waals surface area contributed by atoms with E-state index in [1.54, 1.807) is 72.0 Å². The first-order valence-corrected chi connectivity index (χ1v) is 37.7. The maximum atomic E-state index is 12.2. The number of aromatic amines is 1. The molecule has 5 heterocycles. The number of carbonyl (C=O) groups is 1. The van der Waals surface area contributed by atoms with Crippen LogP contribution in [0.1, 0.15) is 66.8 Å². The summed E-state index contributed by atoms with van der Waals surface area (Å²) in [6.07, 6.45) is 19.2. The third-order valence-electron chi connectivity index (χ3n) is 19.6. The number of carboxylic acids is 1. The minimum Gasteiger partial charge on any atom is -0.493 e. The zero-order chi connectivity index (χ0) is 75.8. The van der Waals surface area contributed by atoms with Crippen LogP contribution in [0.4, 0.5) is 29.0 Å². The monoisotopic (exact) mass is 1470 g/mol. The van der Waals surface area contributed by atoms with E-state index in [0.717, 1.165) is 93.8 Å². The first-order chi connectivity index (χ1) is 52.4. The lowest BCUT2D eigenvalue weighted by atomic mass is 10.1. The number of hydrogen-bond donors (Lipinski definition) is 7. The SMILES string of the molecule is Cc1ccc(S(=O)(=O)OCC2Cc3ccccc3C2)cc1.N#CN1c2ccccc2CC1COc1ccnc(N)c1.Nc1cc(=O)cc[nH]1.Nc1cc(OCC2Cc3ccccc3C2)ccn1.Nc1cc(OCC2Cc3ccccc3C2)ccn1.O=C(O)C1Cc2ccccc2C1.OCC1Cc2ccccc2C1. The predicted molar refractivity (Wildman–Crippen MR) is 422 cm³/mol. The van der Waals surface area contributed by atoms with Crippen LogP contribution >= 0.6 is 0 Å². The number of aromatic nitrogens is 4. The average Bonchev–Trinajstić information content (AvgIpc) is 1.65. The molecule has 108 heavy (non-hydrogen) atoms. The molecule has 21 heteroatoms. The van der Waals surface area contributed by atoms with Gasteiger partial charge in [0.1, 0.15) is 47.1 Å². The van der Waals surface area contributed by atoms with Crippen molar-refractivity contribution in [1.29, 1.82) is 5.26 Å². The van der Waals surface area contributed by atoms with Gasteiger partial charge in [-0.05, 0) is 187 Å². The van der Waals surface area contributed by atoms with Crippen LogP contribution in [0.2, 0.25) is 0 Å². The highest BCUT2D eigenvalue weighted by atomic mass is 32.2. The highest BCUT2D eigenvalue weighted by Crippen LogP contribution is 2.34. The summed E-state index contributed by atoms with van der Waals surface area (Å²) in [7, 11) is -3.65. The van der Waals surface area contributed by atoms with Gasteiger partial charge >= 0.3 is 5.97 Å². The number of aliphatic hydroxyl groups excluding tert-OH is 1. The number of nitrogens with two attached hydrogens (primary N) is 4. The molecule has 7 aromatic carbocycles. The van der Waals surface area contributed by atoms with Crippen molar-refractivity contribution >= 4 is 45.0 Å². The number of pyridine rings is 4. The molecule has 1 unspecified atom stereocenters. The lowest BCUT2D eigenvalue weighted by Crippen LogP contribution is -2.33. The molecule has 0 amide bonds. The maximum absolute atomic E-state index is 12.2. The molecule has 0 saturated carbocycles. The van der Waals surface area contributed by atoms with Crippen molar-refractivity contribution in [3.63, 3.8) is 0 Å². The summed E-state index contributed by atoms with van der Waals surface area (Å²) in [4.78, 5) is 37.5. The van der Waals surface area contributed by atoms with E-state index in [-0.39, 0.29) is 34.8 Å². The van der Waals surface area contributed by atoms with Gasteiger partial charge in [0, 0.05) is 73.6 Å². The van der Waals surface area contributed by atoms with E-state index < -0.39 is 16.1 Å². The lowest BCUT2D eigenvalue weighted by molar-refractivity contribution is -0.141. The number of aliphatic hydroxyl groups is 1. The summed E-state index contributed by atoms with van der Waals surface area (Å²) in [5.41, 5.74) is 38.8. The van der Waals surface area contributed by atoms with Crippen molar-refractivity contribution in [3.05, 3.63) is 320 Å². The van der Waals surface area contributed by atoms with Gasteiger partial charge in [0.25, 0.3) is 10.1 Å². The van der Waals surface area contributed by atoms with Gasteiger partial charge in [0.15, 0.2) is 11.6 Å². The Kier molecular flexibility index (Phi) is 27.1. The summed E-state index contributed by atoms with van der Waals surface area (Å²) >= 11 is 0. The van der Waals surface area contributed by atoms with Crippen molar-refractivity contribution in [2.24, 2.45) is 29.6 Å². The van der Waals surface area contributed by atoms with Crippen LogP contribution in [0.15, 0.2) is 253 Å². The third-order valence-corrected chi connectivity index (χ3v) is 20.9. The average molecular weight is 1470 g/mol. The van der Waals surface area contributed by atoms with E-state index >= 15 is 0 Å². The molecule has 6 aliphatic rings. The Balaban J connectivity index is 0.000000128. The van der Waals surface area contributed by atoms with Gasteiger partial charge < -0.3 is 52.3 Å². The number of nitrogens with one attached hydrogen (secondary N) is 1. The number of aliphatic carboxylic acids is 1. The number of nitriles is 1. The number of benzene rings is 7. The third kappa shape index (κ3) is 22.4. The fraction of sp³-hybridized carbons (Fsp3) is 0.264. The van der Waals surface area contributed by atoms with E-state index in [0.29, 0.717) is 72.8 Å². The molecule has 11 aromatic rings. The number of rotatable bonds is 15. The molecular formula is C87H92N10O10S. The van der Waals surface area contributed by atoms with Crippen molar-refractivity contribution < 1.29 is 41.8 Å². The highest BCUT2D eigenvalue weighted by Gasteiger charge is 2.31. The number of aryl methyl sites for hydroxylation is 1. The lowest BCUT2D eigenvalue weighted by Gasteiger charge is -2.19. The fourth-order valence-electron chi connectivity index (χ4n) is 14.1. The number of H-pyrrole nitrogens is 1. The standard InChI is InChI=1S/C17H18O3S.C15H14N4O.2C15H16N2O.C10H10O2.C10H12O.C5H6N2O/c1-13-6-8-17(9-7-13)21(18,19)20-12-14-10-15-4-2-3-5-16(15)11-14;16-10-19-12(7-11-3-1-2-4-14(11)19)9-20-13-5-6-18-15(17)8-13;2*16-15-9-14(5-6-17-15)18-10-11-7-12-3-1-2-4-13(12)8-11;11-10(12)9-5-7-3-1-2-4-8(7)6-9;11-7-8-5-9-3-1-2-4-10(9)6-8;6-5-3-4(8)1-2-7-5/h2-9,14H,10-12H2,1H3;1-6,8,12H,7,9H2,(H2,17,18);2*1-6,9,11H,7-8,10H2,(H2,16,17);1-4,9H,5-6H2,(H,11,12);1-4,8,11H,5-7H2;1-3H,(H3,6,7,8). The Hall–Kier alpha value is -11.8. The minimum atomic E-state index is -3.65. The largest absolute Gasteiger partial charge is 0.493 e. The molecule has 20 nitrogen and oxygen atoms in total. The van der Waals surface area contributed by atoms with Gasteiger partial charge in [-0.2, -0.15) is 13.7 Å². The Morgan fingerprint density at radius 1 is 0.481 bits per heavy atom. The number of para-hydroxylation sites is 1. The summed E-state index contributed by atoms with van der Waals surface area (Å²) in [5, 5.41) is 27.0. The van der Waals surface area contributed by atoms with Gasteiger partial charge in [0.05, 0.1) is 42.4 Å². The smallest absolute Gasteiger partial charge is 0.307 e. The van der Waals surface area contributed by atoms with Crippen LogP contribution in [0.3, 0.4) is 0 Å². The number of nitrogens with zero attached hydrogens (tertiary/aromatic N) is 5. The van der Waals surface area contributed by atoms with E-state index in [1.807, 2.05) is 79.7 Å². The molecule has 0 bridgehead atoms. The maximum Gasteiger partial charge on any atom is 0.307 e. The second-order valence-corrected chi connectivity index (χ2v) is 29.4. The number of fused-ring (bicyclic) bond motifs is 6. The zero-order valence-electron chi connectivity index (χ0n) is 60.5. The summed E-state index contributed by atoms with van der Waals surface area (Å²) in [5.74, 6) is 5.09. The molecule has 0 fully saturated rings. The Morgan fingerprint density at radius 3 is 1.19 bits per heavy atom. The summed E-state index contributed by atoms with van der Waals surface area (Å²) < 4.78 is 46.8. The van der Waals surface area contributed by atoms with Crippen molar-refractivity contribution in [2.45, 2.75) is 88.5 Å². The Morgan fingerprint density at radius 2 is 0.843 bits per heavy atom. The molecule has 5 aliphatic carbocycles. The summed E-state index contributed by atoms with van der Waals surface area (Å²) in [6, 6.07) is 70.0. The Bertz CT molecular complexity index is 4790. The second kappa shape index (κ2) is 37.9. The van der Waals surface area contributed by atoms with Crippen LogP contribution in [0.25, 0.3) is 0 Å². The summed E-state index contributed by atoms with van der Waals surface area (Å²) in [6.45, 7) is 4.40. The molecule has 0 radical (unpaired) electrons. The van der Waals surface area contributed by atoms with Gasteiger partial charge in [-0.25, -0.2) is 15.0 Å². The predicted octanol–water partition coefficient (Wildman–Crippen LogP) is 12.8. The molecule has 0 saturated heterocycles. The molecular weight excluding hydrogens is 1380 g/mol. The number of carboxylic acid groups (broad SMARTS) is 1. The van der Waals surface area contributed by atoms with E-state index in [1.165, 1.54) is 79.5 Å². The van der Waals surface area contributed by atoms with Crippen molar-refractivity contribution in [2.75, 3.05) is 60.9 Å². The fourth-order valence-corrected chi connectivity index (χ4v) is 15.1. The first-order valence-electron chi connectivity index (χ1n) is 36.3. The minimum absolute atomic E-state index is 0.0202. The van der Waals surface area contributed by atoms with Gasteiger partial charge in [0.2, 0.25) is 0 Å². The quantitative estimate of drug-likeness (QED) is 0.0370. The van der Waals surface area contributed by atoms with Gasteiger partial charge in [-0.15, -0.1) is 0 Å². The molecule has 556 valence electrons. The molecule has 1 aliphatic heterocycles. The normalized spacial score (nSPS) is 15.0. The van der Waals surface area contributed by atoms with Crippen LogP contribution in [0, 0.1) is 48.0 Å². The van der Waals surface area contributed by atoms with E-state index in [2.05, 4.69) is 111 Å².